The molecule has 0 heterocycles. The largest absolute Gasteiger partial charge is 0.544 e. The molecule has 2 saturated carbocycles. The molecule has 0 amide bonds. The van der Waals surface area contributed by atoms with E-state index in [1.807, 2.05) is 0 Å². The summed E-state index contributed by atoms with van der Waals surface area (Å²) in [7, 11) is -3.33. The van der Waals surface area contributed by atoms with Gasteiger partial charge >= 0.3 is 0 Å². The molecule has 160 valence electrons. The van der Waals surface area contributed by atoms with Gasteiger partial charge in [-0.25, -0.2) is 0 Å². The lowest BCUT2D eigenvalue weighted by atomic mass is 9.55. The van der Waals surface area contributed by atoms with Crippen LogP contribution in [0, 0.1) is 17.3 Å². The summed E-state index contributed by atoms with van der Waals surface area (Å²) >= 11 is 0. The Morgan fingerprint density at radius 2 is 1.76 bits per heavy atom. The van der Waals surface area contributed by atoms with Crippen molar-refractivity contribution in [3.8, 4) is 5.75 Å². The second-order valence-electron chi connectivity index (χ2n) is 11.8. The molecule has 0 radical (unpaired) electrons. The first-order valence-corrected chi connectivity index (χ1v) is 18.2. The first-order valence-electron chi connectivity index (χ1n) is 11.4. The Balaban J connectivity index is 1.59. The van der Waals surface area contributed by atoms with Gasteiger partial charge in [-0.1, -0.05) is 13.0 Å². The molecule has 4 rings (SSSR count). The molecule has 3 aliphatic rings. The third-order valence-corrected chi connectivity index (χ3v) is 9.13. The number of fused-ring (bicyclic) bond motifs is 5. The van der Waals surface area contributed by atoms with Crippen LogP contribution in [0.1, 0.15) is 49.7 Å². The van der Waals surface area contributed by atoms with E-state index >= 15 is 0 Å². The molecule has 0 N–H and O–H groups in total. The smallest absolute Gasteiger partial charge is 0.242 e. The van der Waals surface area contributed by atoms with Crippen molar-refractivity contribution >= 4 is 22.4 Å². The van der Waals surface area contributed by atoms with Crippen LogP contribution in [-0.2, 0) is 15.6 Å². The van der Waals surface area contributed by atoms with Gasteiger partial charge < -0.3 is 8.85 Å². The van der Waals surface area contributed by atoms with Crippen molar-refractivity contribution in [3.63, 3.8) is 0 Å². The van der Waals surface area contributed by atoms with E-state index in [1.165, 1.54) is 24.0 Å². The highest BCUT2D eigenvalue weighted by molar-refractivity contribution is 6.70. The average molecular weight is 431 g/mol. The molecule has 0 saturated heterocycles. The summed E-state index contributed by atoms with van der Waals surface area (Å²) in [4.78, 5) is 13.0. The highest BCUT2D eigenvalue weighted by Crippen LogP contribution is 2.61. The molecule has 5 heteroatoms. The maximum absolute atomic E-state index is 13.0. The summed E-state index contributed by atoms with van der Waals surface area (Å²) < 4.78 is 12.7. The second kappa shape index (κ2) is 7.06. The lowest BCUT2D eigenvalue weighted by Crippen LogP contribution is -2.48. The van der Waals surface area contributed by atoms with Crippen molar-refractivity contribution in [2.45, 2.75) is 90.3 Å². The first-order chi connectivity index (χ1) is 13.4. The third-order valence-electron chi connectivity index (χ3n) is 7.34. The molecule has 0 aromatic heterocycles. The van der Waals surface area contributed by atoms with Gasteiger partial charge in [0.2, 0.25) is 8.32 Å². The molecule has 1 unspecified atom stereocenters. The fraction of sp³-hybridized carbons (Fsp3) is 0.708. The van der Waals surface area contributed by atoms with E-state index in [-0.39, 0.29) is 11.5 Å². The maximum Gasteiger partial charge on any atom is 0.242 e. The highest BCUT2D eigenvalue weighted by atomic mass is 28.4. The number of rotatable bonds is 4. The van der Waals surface area contributed by atoms with Gasteiger partial charge in [-0.05, 0) is 106 Å². The Bertz CT molecular complexity index is 807. The number of ketones is 1. The van der Waals surface area contributed by atoms with Crippen molar-refractivity contribution < 1.29 is 13.6 Å². The lowest BCUT2D eigenvalue weighted by molar-refractivity contribution is -0.126. The molecule has 5 atom stereocenters. The van der Waals surface area contributed by atoms with E-state index < -0.39 is 16.6 Å². The molecular weight excluding hydrogens is 392 g/mol. The monoisotopic (exact) mass is 430 g/mol. The molecule has 29 heavy (non-hydrogen) atoms. The predicted octanol–water partition coefficient (Wildman–Crippen LogP) is 6.16. The number of carbonyl (C=O) groups is 1. The average Bonchev–Trinajstić information content (AvgIpc) is 2.83. The standard InChI is InChI=1S/C24H38O3Si2/c1-24-13-12-19-18-11-9-17(26-28(2,3)4)14-16(18)8-10-20(19)21(24)15-22(25)23(24)27-29(5,6)7/h9,11,14,19-21,23H,8,10,12-13,15H2,1-7H3/t19-,20-,21+,23?,24+/m1/s1. The molecule has 3 nitrogen and oxygen atoms in total. The minimum Gasteiger partial charge on any atom is -0.544 e. The van der Waals surface area contributed by atoms with Crippen LogP contribution in [0.2, 0.25) is 39.3 Å². The highest BCUT2D eigenvalue weighted by Gasteiger charge is 2.59. The quantitative estimate of drug-likeness (QED) is 0.537. The first kappa shape index (κ1) is 21.3. The molecule has 0 bridgehead atoms. The second-order valence-corrected chi connectivity index (χ2v) is 20.7. The van der Waals surface area contributed by atoms with Crippen molar-refractivity contribution in [2.24, 2.45) is 17.3 Å². The van der Waals surface area contributed by atoms with Crippen molar-refractivity contribution in [1.82, 2.24) is 0 Å². The summed E-state index contributed by atoms with van der Waals surface area (Å²) in [5.41, 5.74) is 3.02. The van der Waals surface area contributed by atoms with Gasteiger partial charge in [0.1, 0.15) is 11.9 Å². The van der Waals surface area contributed by atoms with Gasteiger partial charge in [0.15, 0.2) is 14.1 Å². The molecule has 1 aromatic carbocycles. The Morgan fingerprint density at radius 1 is 1.03 bits per heavy atom. The zero-order valence-electron chi connectivity index (χ0n) is 19.3. The van der Waals surface area contributed by atoms with Crippen molar-refractivity contribution in [1.29, 1.82) is 0 Å². The zero-order valence-corrected chi connectivity index (χ0v) is 21.3. The molecule has 0 aliphatic heterocycles. The predicted molar refractivity (Wildman–Crippen MR) is 124 cm³/mol. The number of carbonyl (C=O) groups excluding carboxylic acids is 1. The van der Waals surface area contributed by atoms with E-state index in [1.54, 1.807) is 0 Å². The molecular formula is C24H38O3Si2. The molecule has 3 aliphatic carbocycles. The number of Topliss-reactive ketones (excluding diaryl/α,β-unsaturated/α-hetero) is 1. The van der Waals surface area contributed by atoms with Crippen LogP contribution >= 0.6 is 0 Å². The molecule has 1 aromatic rings. The summed E-state index contributed by atoms with van der Waals surface area (Å²) in [5, 5.41) is 0. The number of hydrogen-bond acceptors (Lipinski definition) is 3. The maximum atomic E-state index is 13.0. The van der Waals surface area contributed by atoms with Gasteiger partial charge in [-0.15, -0.1) is 0 Å². The van der Waals surface area contributed by atoms with Gasteiger partial charge in [0.05, 0.1) is 0 Å². The Morgan fingerprint density at radius 3 is 2.41 bits per heavy atom. The van der Waals surface area contributed by atoms with Crippen molar-refractivity contribution in [3.05, 3.63) is 29.3 Å². The SMILES string of the molecule is C[C@]12CC[C@@H]3c4ccc(O[Si](C)(C)C)cc4CC[C@H]3[C@@H]1CC(=O)C2O[Si](C)(C)C. The summed E-state index contributed by atoms with van der Waals surface area (Å²) in [6.45, 7) is 15.7. The number of benzene rings is 1. The van der Waals surface area contributed by atoms with Crippen LogP contribution in [0.25, 0.3) is 0 Å². The minimum absolute atomic E-state index is 0.0247. The summed E-state index contributed by atoms with van der Waals surface area (Å²) in [5.74, 6) is 3.09. The summed E-state index contributed by atoms with van der Waals surface area (Å²) in [6, 6.07) is 6.82. The van der Waals surface area contributed by atoms with E-state index in [4.69, 9.17) is 8.85 Å². The van der Waals surface area contributed by atoms with E-state index in [0.29, 0.717) is 23.5 Å². The Hall–Kier alpha value is -0.916. The normalized spacial score (nSPS) is 34.4. The Labute approximate surface area is 178 Å². The van der Waals surface area contributed by atoms with E-state index in [2.05, 4.69) is 64.4 Å². The van der Waals surface area contributed by atoms with Crippen LogP contribution < -0.4 is 4.43 Å². The third kappa shape index (κ3) is 4.02. The minimum atomic E-state index is -1.75. The van der Waals surface area contributed by atoms with Crippen LogP contribution in [0.15, 0.2) is 18.2 Å². The lowest BCUT2D eigenvalue weighted by Gasteiger charge is -2.50. The molecule has 2 fully saturated rings. The van der Waals surface area contributed by atoms with Gasteiger partial charge in [0.25, 0.3) is 0 Å². The van der Waals surface area contributed by atoms with Crippen LogP contribution in [0.5, 0.6) is 5.75 Å². The number of aryl methyl sites for hydroxylation is 1. The topological polar surface area (TPSA) is 35.5 Å². The van der Waals surface area contributed by atoms with E-state index in [0.717, 1.165) is 25.0 Å². The van der Waals surface area contributed by atoms with Crippen molar-refractivity contribution in [2.75, 3.05) is 0 Å². The van der Waals surface area contributed by atoms with Gasteiger partial charge in [-0.2, -0.15) is 0 Å². The van der Waals surface area contributed by atoms with Crippen LogP contribution in [0.3, 0.4) is 0 Å². The Kier molecular flexibility index (Phi) is 5.19. The van der Waals surface area contributed by atoms with Crippen LogP contribution in [0.4, 0.5) is 0 Å². The fourth-order valence-corrected chi connectivity index (χ4v) is 8.22. The molecule has 0 spiro atoms. The van der Waals surface area contributed by atoms with Crippen LogP contribution in [-0.4, -0.2) is 28.5 Å². The van der Waals surface area contributed by atoms with E-state index in [9.17, 15) is 4.79 Å². The summed E-state index contributed by atoms with van der Waals surface area (Å²) in [6.07, 6.45) is 5.14. The van der Waals surface area contributed by atoms with Gasteiger partial charge in [-0.3, -0.25) is 4.79 Å². The zero-order chi connectivity index (χ0) is 21.2. The van der Waals surface area contributed by atoms with Gasteiger partial charge in [0, 0.05) is 11.8 Å². The fourth-order valence-electron chi connectivity index (χ4n) is 6.28. The number of hydrogen-bond donors (Lipinski definition) is 0.